The molecular weight excluding hydrogens is 266 g/mol. The van der Waals surface area contributed by atoms with Crippen LogP contribution in [0.1, 0.15) is 46.0 Å². The summed E-state index contributed by atoms with van der Waals surface area (Å²) in [5.41, 5.74) is 0. The highest BCUT2D eigenvalue weighted by Crippen LogP contribution is 2.08. The summed E-state index contributed by atoms with van der Waals surface area (Å²) in [7, 11) is 0. The summed E-state index contributed by atoms with van der Waals surface area (Å²) in [6.07, 6.45) is 3.62. The van der Waals surface area contributed by atoms with Crippen LogP contribution >= 0.6 is 12.4 Å². The smallest absolute Gasteiger partial charge is 0.220 e. The summed E-state index contributed by atoms with van der Waals surface area (Å²) < 4.78 is 0. The number of carbonyl (C=O) groups excluding carboxylic acids is 2. The molecule has 1 aliphatic rings. The summed E-state index contributed by atoms with van der Waals surface area (Å²) in [6, 6.07) is 0.571. The van der Waals surface area contributed by atoms with Gasteiger partial charge in [-0.2, -0.15) is 0 Å². The number of hydrogen-bond donors (Lipinski definition) is 3. The average molecular weight is 292 g/mol. The van der Waals surface area contributed by atoms with Gasteiger partial charge in [0, 0.05) is 31.5 Å². The molecule has 6 heteroatoms. The molecule has 112 valence electrons. The zero-order valence-corrected chi connectivity index (χ0v) is 12.6. The average Bonchev–Trinajstić information content (AvgIpc) is 2.32. The van der Waals surface area contributed by atoms with Crippen molar-refractivity contribution in [2.75, 3.05) is 13.1 Å². The number of nitrogens with one attached hydrogen (secondary N) is 3. The van der Waals surface area contributed by atoms with Crippen molar-refractivity contribution in [2.45, 2.75) is 58.0 Å². The number of amides is 2. The van der Waals surface area contributed by atoms with E-state index in [1.807, 2.05) is 6.92 Å². The third-order valence-corrected chi connectivity index (χ3v) is 3.29. The second-order valence-corrected chi connectivity index (χ2v) is 4.87. The van der Waals surface area contributed by atoms with Crippen LogP contribution in [0.15, 0.2) is 0 Å². The SMILES string of the molecule is CCNC(=O)CCCC(=O)NC1CCCNC1C.Cl. The van der Waals surface area contributed by atoms with Gasteiger partial charge < -0.3 is 16.0 Å². The summed E-state index contributed by atoms with van der Waals surface area (Å²) in [5.74, 6) is 0.0813. The first-order valence-corrected chi connectivity index (χ1v) is 6.93. The Morgan fingerprint density at radius 3 is 2.58 bits per heavy atom. The van der Waals surface area contributed by atoms with Crippen molar-refractivity contribution >= 4 is 24.2 Å². The molecule has 0 spiro atoms. The van der Waals surface area contributed by atoms with Gasteiger partial charge in [-0.3, -0.25) is 9.59 Å². The minimum absolute atomic E-state index is 0. The fourth-order valence-electron chi connectivity index (χ4n) is 2.22. The third-order valence-electron chi connectivity index (χ3n) is 3.29. The standard InChI is InChI=1S/C13H25N3O2.ClH/c1-3-14-12(17)7-4-8-13(18)16-11-6-5-9-15-10(11)2;/h10-11,15H,3-9H2,1-2H3,(H,14,17)(H,16,18);1H. The van der Waals surface area contributed by atoms with E-state index in [-0.39, 0.29) is 30.3 Å². The van der Waals surface area contributed by atoms with Gasteiger partial charge in [0.15, 0.2) is 0 Å². The molecule has 3 N–H and O–H groups in total. The Morgan fingerprint density at radius 2 is 1.95 bits per heavy atom. The highest BCUT2D eigenvalue weighted by atomic mass is 35.5. The van der Waals surface area contributed by atoms with Crippen molar-refractivity contribution in [2.24, 2.45) is 0 Å². The number of halogens is 1. The molecule has 2 unspecified atom stereocenters. The predicted octanol–water partition coefficient (Wildman–Crippen LogP) is 0.971. The molecule has 0 aromatic rings. The highest BCUT2D eigenvalue weighted by Gasteiger charge is 2.21. The lowest BCUT2D eigenvalue weighted by atomic mass is 9.99. The Morgan fingerprint density at radius 1 is 1.26 bits per heavy atom. The van der Waals surface area contributed by atoms with E-state index in [0.717, 1.165) is 19.4 Å². The van der Waals surface area contributed by atoms with E-state index in [9.17, 15) is 9.59 Å². The lowest BCUT2D eigenvalue weighted by Gasteiger charge is -2.30. The van der Waals surface area contributed by atoms with Crippen molar-refractivity contribution in [3.63, 3.8) is 0 Å². The molecule has 0 aromatic heterocycles. The van der Waals surface area contributed by atoms with Gasteiger partial charge in [-0.25, -0.2) is 0 Å². The molecule has 2 amide bonds. The molecule has 2 atom stereocenters. The molecule has 0 aromatic carbocycles. The summed E-state index contributed by atoms with van der Waals surface area (Å²) in [5, 5.41) is 9.12. The van der Waals surface area contributed by atoms with Crippen LogP contribution < -0.4 is 16.0 Å². The zero-order valence-electron chi connectivity index (χ0n) is 11.8. The Hall–Kier alpha value is -0.810. The third kappa shape index (κ3) is 7.38. The highest BCUT2D eigenvalue weighted by molar-refractivity contribution is 5.85. The molecule has 1 saturated heterocycles. The molecule has 5 nitrogen and oxygen atoms in total. The van der Waals surface area contributed by atoms with Gasteiger partial charge in [-0.1, -0.05) is 0 Å². The molecule has 1 aliphatic heterocycles. The Balaban J connectivity index is 0.00000324. The molecule has 0 aliphatic carbocycles. The van der Waals surface area contributed by atoms with E-state index in [4.69, 9.17) is 0 Å². The molecule has 0 bridgehead atoms. The van der Waals surface area contributed by atoms with Crippen LogP contribution in [0.5, 0.6) is 0 Å². The molecule has 19 heavy (non-hydrogen) atoms. The van der Waals surface area contributed by atoms with Crippen molar-refractivity contribution in [3.05, 3.63) is 0 Å². The van der Waals surface area contributed by atoms with Gasteiger partial charge in [0.25, 0.3) is 0 Å². The first kappa shape index (κ1) is 18.2. The van der Waals surface area contributed by atoms with Crippen LogP contribution in [0.4, 0.5) is 0 Å². The molecule has 1 heterocycles. The summed E-state index contributed by atoms with van der Waals surface area (Å²) in [6.45, 7) is 5.67. The quantitative estimate of drug-likeness (QED) is 0.683. The topological polar surface area (TPSA) is 70.2 Å². The van der Waals surface area contributed by atoms with Crippen molar-refractivity contribution in [1.82, 2.24) is 16.0 Å². The minimum Gasteiger partial charge on any atom is -0.356 e. The maximum Gasteiger partial charge on any atom is 0.220 e. The minimum atomic E-state index is 0. The molecule has 0 saturated carbocycles. The zero-order chi connectivity index (χ0) is 13.4. The van der Waals surface area contributed by atoms with E-state index in [0.29, 0.717) is 31.8 Å². The largest absolute Gasteiger partial charge is 0.356 e. The van der Waals surface area contributed by atoms with Gasteiger partial charge >= 0.3 is 0 Å². The Kier molecular flexibility index (Phi) is 9.61. The van der Waals surface area contributed by atoms with Crippen LogP contribution in [0.2, 0.25) is 0 Å². The van der Waals surface area contributed by atoms with Crippen molar-refractivity contribution in [3.8, 4) is 0 Å². The van der Waals surface area contributed by atoms with Gasteiger partial charge in [0.05, 0.1) is 0 Å². The van der Waals surface area contributed by atoms with E-state index in [1.54, 1.807) is 0 Å². The second-order valence-electron chi connectivity index (χ2n) is 4.87. The van der Waals surface area contributed by atoms with Crippen LogP contribution in [0.25, 0.3) is 0 Å². The fraction of sp³-hybridized carbons (Fsp3) is 0.846. The molecule has 1 fully saturated rings. The number of carbonyl (C=O) groups is 2. The molecular formula is C13H26ClN3O2. The fourth-order valence-corrected chi connectivity index (χ4v) is 2.22. The predicted molar refractivity (Wildman–Crippen MR) is 78.4 cm³/mol. The van der Waals surface area contributed by atoms with Crippen molar-refractivity contribution < 1.29 is 9.59 Å². The van der Waals surface area contributed by atoms with Crippen LogP contribution in [0, 0.1) is 0 Å². The Bertz CT molecular complexity index is 287. The van der Waals surface area contributed by atoms with E-state index in [2.05, 4.69) is 22.9 Å². The normalized spacial score (nSPS) is 22.2. The van der Waals surface area contributed by atoms with Gasteiger partial charge in [-0.05, 0) is 39.7 Å². The maximum atomic E-state index is 11.7. The van der Waals surface area contributed by atoms with Crippen LogP contribution in [-0.2, 0) is 9.59 Å². The number of hydrogen-bond acceptors (Lipinski definition) is 3. The Labute approximate surface area is 121 Å². The summed E-state index contributed by atoms with van der Waals surface area (Å²) >= 11 is 0. The van der Waals surface area contributed by atoms with Gasteiger partial charge in [0.1, 0.15) is 0 Å². The van der Waals surface area contributed by atoms with E-state index >= 15 is 0 Å². The molecule has 1 rings (SSSR count). The van der Waals surface area contributed by atoms with Crippen LogP contribution in [0.3, 0.4) is 0 Å². The van der Waals surface area contributed by atoms with E-state index in [1.165, 1.54) is 0 Å². The van der Waals surface area contributed by atoms with Crippen molar-refractivity contribution in [1.29, 1.82) is 0 Å². The molecule has 0 radical (unpaired) electrons. The van der Waals surface area contributed by atoms with Crippen LogP contribution in [-0.4, -0.2) is 37.0 Å². The maximum absolute atomic E-state index is 11.7. The summed E-state index contributed by atoms with van der Waals surface area (Å²) in [4.78, 5) is 22.9. The first-order chi connectivity index (χ1) is 8.63. The first-order valence-electron chi connectivity index (χ1n) is 6.93. The lowest BCUT2D eigenvalue weighted by Crippen LogP contribution is -2.51. The monoisotopic (exact) mass is 291 g/mol. The lowest BCUT2D eigenvalue weighted by molar-refractivity contribution is -0.123. The number of rotatable bonds is 6. The van der Waals surface area contributed by atoms with Gasteiger partial charge in [0.2, 0.25) is 11.8 Å². The van der Waals surface area contributed by atoms with Gasteiger partial charge in [-0.15, -0.1) is 12.4 Å². The number of piperidine rings is 1. The van der Waals surface area contributed by atoms with E-state index < -0.39 is 0 Å². The second kappa shape index (κ2) is 10.0.